The van der Waals surface area contributed by atoms with Gasteiger partial charge in [0.2, 0.25) is 0 Å². The van der Waals surface area contributed by atoms with Gasteiger partial charge in [0.05, 0.1) is 18.9 Å². The van der Waals surface area contributed by atoms with Crippen LogP contribution in [0.25, 0.3) is 16.7 Å². The van der Waals surface area contributed by atoms with Crippen molar-refractivity contribution in [2.24, 2.45) is 10.2 Å². The molecule has 156 valence electrons. The van der Waals surface area contributed by atoms with Gasteiger partial charge in [0.1, 0.15) is 33.9 Å². The van der Waals surface area contributed by atoms with E-state index in [2.05, 4.69) is 25.3 Å². The van der Waals surface area contributed by atoms with Crippen molar-refractivity contribution >= 4 is 28.1 Å². The number of phenolic OH excluding ortho intramolecular Hbond substituents is 2. The van der Waals surface area contributed by atoms with Crippen molar-refractivity contribution in [1.29, 1.82) is 0 Å². The Morgan fingerprint density at radius 3 is 2.13 bits per heavy atom. The van der Waals surface area contributed by atoms with Crippen molar-refractivity contribution < 1.29 is 14.9 Å². The molecule has 9 heteroatoms. The van der Waals surface area contributed by atoms with Crippen molar-refractivity contribution in [1.82, 2.24) is 15.0 Å². The van der Waals surface area contributed by atoms with Gasteiger partial charge in [0.25, 0.3) is 0 Å². The molecular weight excluding hydrogens is 396 g/mol. The first-order valence-electron chi connectivity index (χ1n) is 9.90. The molecule has 0 spiro atoms. The third-order valence-corrected chi connectivity index (χ3v) is 5.08. The molecule has 9 nitrogen and oxygen atoms in total. The number of fused-ring (bicyclic) bond motifs is 1. The van der Waals surface area contributed by atoms with E-state index in [1.54, 1.807) is 24.3 Å². The van der Waals surface area contributed by atoms with E-state index >= 15 is 0 Å². The fourth-order valence-electron chi connectivity index (χ4n) is 3.41. The van der Waals surface area contributed by atoms with Crippen LogP contribution in [0.2, 0.25) is 0 Å². The number of hydrogen-bond donors (Lipinski definition) is 2. The number of phenols is 2. The Balaban J connectivity index is 1.41. The quantitative estimate of drug-likeness (QED) is 0.485. The minimum atomic E-state index is -0.0337. The fourth-order valence-corrected chi connectivity index (χ4v) is 3.41. The topological polar surface area (TPSA) is 108 Å². The highest BCUT2D eigenvalue weighted by molar-refractivity contribution is 5.73. The predicted molar refractivity (Wildman–Crippen MR) is 116 cm³/mol. The Morgan fingerprint density at radius 1 is 0.742 bits per heavy atom. The highest BCUT2D eigenvalue weighted by Crippen LogP contribution is 2.35. The lowest BCUT2D eigenvalue weighted by atomic mass is 10.2. The van der Waals surface area contributed by atoms with Crippen LogP contribution in [0.15, 0.2) is 70.9 Å². The zero-order valence-electron chi connectivity index (χ0n) is 16.6. The fraction of sp³-hybridized carbons (Fsp3) is 0.182. The summed E-state index contributed by atoms with van der Waals surface area (Å²) in [6.45, 7) is 2.88. The second kappa shape index (κ2) is 8.04. The number of anilines is 1. The highest BCUT2D eigenvalue weighted by atomic mass is 16.5. The predicted octanol–water partition coefficient (Wildman–Crippen LogP) is 4.08. The number of aromatic nitrogens is 3. The maximum atomic E-state index is 10.4. The second-order valence-electron chi connectivity index (χ2n) is 7.12. The number of azo groups is 1. The van der Waals surface area contributed by atoms with Crippen LogP contribution in [-0.2, 0) is 4.74 Å². The molecule has 1 aliphatic rings. The highest BCUT2D eigenvalue weighted by Gasteiger charge is 2.13. The molecule has 2 N–H and O–H groups in total. The van der Waals surface area contributed by atoms with Gasteiger partial charge in [-0.25, -0.2) is 0 Å². The number of morpholine rings is 1. The lowest BCUT2D eigenvalue weighted by Crippen LogP contribution is -2.36. The molecule has 0 bridgehead atoms. The smallest absolute Gasteiger partial charge is 0.145 e. The van der Waals surface area contributed by atoms with Crippen LogP contribution in [0.4, 0.5) is 17.1 Å². The molecule has 0 aliphatic carbocycles. The van der Waals surface area contributed by atoms with E-state index in [0.717, 1.165) is 29.8 Å². The zero-order valence-corrected chi connectivity index (χ0v) is 16.6. The molecule has 1 saturated heterocycles. The monoisotopic (exact) mass is 416 g/mol. The van der Waals surface area contributed by atoms with Gasteiger partial charge in [0, 0.05) is 24.8 Å². The number of hydrogen-bond acceptors (Lipinski definition) is 8. The van der Waals surface area contributed by atoms with Crippen molar-refractivity contribution in [3.8, 4) is 17.2 Å². The summed E-state index contributed by atoms with van der Waals surface area (Å²) in [6, 6.07) is 17.6. The summed E-state index contributed by atoms with van der Waals surface area (Å²) in [7, 11) is 0. The third kappa shape index (κ3) is 3.90. The SMILES string of the molecule is Oc1cc(N2CCOCC2)ccc1N=Nc1cc(-n2nc3ccccc3n2)ccc1O. The van der Waals surface area contributed by atoms with Crippen molar-refractivity contribution in [2.75, 3.05) is 31.2 Å². The van der Waals surface area contributed by atoms with E-state index in [-0.39, 0.29) is 17.2 Å². The lowest BCUT2D eigenvalue weighted by Gasteiger charge is -2.28. The van der Waals surface area contributed by atoms with Crippen LogP contribution in [0, 0.1) is 0 Å². The van der Waals surface area contributed by atoms with Gasteiger partial charge in [-0.05, 0) is 42.5 Å². The summed E-state index contributed by atoms with van der Waals surface area (Å²) in [5.41, 5.74) is 3.63. The largest absolute Gasteiger partial charge is 0.506 e. The first-order valence-corrected chi connectivity index (χ1v) is 9.90. The number of aromatic hydroxyl groups is 2. The molecule has 3 aromatic carbocycles. The number of benzene rings is 3. The Labute approximate surface area is 177 Å². The van der Waals surface area contributed by atoms with Gasteiger partial charge in [-0.3, -0.25) is 0 Å². The Hall–Kier alpha value is -3.98. The van der Waals surface area contributed by atoms with Crippen molar-refractivity contribution in [2.45, 2.75) is 0 Å². The molecule has 0 unspecified atom stereocenters. The van der Waals surface area contributed by atoms with E-state index in [1.807, 2.05) is 30.3 Å². The maximum Gasteiger partial charge on any atom is 0.145 e. The minimum Gasteiger partial charge on any atom is -0.506 e. The van der Waals surface area contributed by atoms with Crippen LogP contribution >= 0.6 is 0 Å². The van der Waals surface area contributed by atoms with Crippen LogP contribution in [0.1, 0.15) is 0 Å². The molecular formula is C22H20N6O3. The van der Waals surface area contributed by atoms with Gasteiger partial charge in [0.15, 0.2) is 0 Å². The molecule has 5 rings (SSSR count). The molecule has 1 aliphatic heterocycles. The van der Waals surface area contributed by atoms with Gasteiger partial charge < -0.3 is 19.8 Å². The van der Waals surface area contributed by atoms with Gasteiger partial charge in [-0.1, -0.05) is 12.1 Å². The van der Waals surface area contributed by atoms with Crippen molar-refractivity contribution in [3.63, 3.8) is 0 Å². The van der Waals surface area contributed by atoms with Gasteiger partial charge >= 0.3 is 0 Å². The Morgan fingerprint density at radius 2 is 1.42 bits per heavy atom. The first-order chi connectivity index (χ1) is 15.2. The molecule has 1 aromatic heterocycles. The first kappa shape index (κ1) is 19.0. The molecule has 0 radical (unpaired) electrons. The average Bonchev–Trinajstić information content (AvgIpc) is 3.24. The van der Waals surface area contributed by atoms with Crippen molar-refractivity contribution in [3.05, 3.63) is 60.7 Å². The minimum absolute atomic E-state index is 0.0170. The molecule has 31 heavy (non-hydrogen) atoms. The van der Waals surface area contributed by atoms with E-state index in [0.29, 0.717) is 24.6 Å². The number of ether oxygens (including phenoxy) is 1. The summed E-state index contributed by atoms with van der Waals surface area (Å²) in [4.78, 5) is 3.62. The molecule has 0 saturated carbocycles. The molecule has 0 amide bonds. The standard InChI is InChI=1S/C22H20N6O3/c29-21-8-6-16(28-25-17-3-1-2-4-18(17)26-28)13-20(21)24-23-19-7-5-15(14-22(19)30)27-9-11-31-12-10-27/h1-8,13-14,29-30H,9-12H2. The van der Waals surface area contributed by atoms with Crippen LogP contribution in [0.3, 0.4) is 0 Å². The molecule has 1 fully saturated rings. The van der Waals surface area contributed by atoms with E-state index in [1.165, 1.54) is 10.9 Å². The lowest BCUT2D eigenvalue weighted by molar-refractivity contribution is 0.122. The normalized spacial score (nSPS) is 14.5. The molecule has 0 atom stereocenters. The third-order valence-electron chi connectivity index (χ3n) is 5.08. The zero-order chi connectivity index (χ0) is 21.2. The second-order valence-corrected chi connectivity index (χ2v) is 7.12. The summed E-state index contributed by atoms with van der Waals surface area (Å²) in [5.74, 6) is -0.0167. The van der Waals surface area contributed by atoms with Gasteiger partial charge in [-0.2, -0.15) is 4.80 Å². The van der Waals surface area contributed by atoms with Gasteiger partial charge in [-0.15, -0.1) is 20.4 Å². The van der Waals surface area contributed by atoms with Crippen LogP contribution < -0.4 is 4.90 Å². The summed E-state index contributed by atoms with van der Waals surface area (Å²) in [6.07, 6.45) is 0. The maximum absolute atomic E-state index is 10.4. The van der Waals surface area contributed by atoms with E-state index in [9.17, 15) is 10.2 Å². The Kier molecular flexibility index (Phi) is 4.93. The van der Waals surface area contributed by atoms with Crippen LogP contribution in [-0.4, -0.2) is 51.5 Å². The average molecular weight is 416 g/mol. The summed E-state index contributed by atoms with van der Waals surface area (Å²) < 4.78 is 5.36. The van der Waals surface area contributed by atoms with E-state index in [4.69, 9.17) is 4.74 Å². The summed E-state index contributed by atoms with van der Waals surface area (Å²) in [5, 5.41) is 37.7. The summed E-state index contributed by atoms with van der Waals surface area (Å²) >= 11 is 0. The Bertz CT molecular complexity index is 1230. The van der Waals surface area contributed by atoms with E-state index < -0.39 is 0 Å². The molecule has 2 heterocycles. The van der Waals surface area contributed by atoms with Crippen LogP contribution in [0.5, 0.6) is 11.5 Å². The number of rotatable bonds is 4. The molecule has 4 aromatic rings. The number of nitrogens with zero attached hydrogens (tertiary/aromatic N) is 6.